The van der Waals surface area contributed by atoms with E-state index >= 15 is 0 Å². The Balaban J connectivity index is 0.000000469. The summed E-state index contributed by atoms with van der Waals surface area (Å²) in [5.74, 6) is -3.51. The van der Waals surface area contributed by atoms with Crippen LogP contribution in [0.1, 0.15) is 25.1 Å². The molecular weight excluding hydrogens is 392 g/mol. The van der Waals surface area contributed by atoms with Crippen molar-refractivity contribution in [3.63, 3.8) is 0 Å². The molecule has 30 heavy (non-hydrogen) atoms. The average Bonchev–Trinajstić information content (AvgIpc) is 2.73. The van der Waals surface area contributed by atoms with Crippen molar-refractivity contribution in [2.45, 2.75) is 32.9 Å². The predicted molar refractivity (Wildman–Crippen MR) is 105 cm³/mol. The van der Waals surface area contributed by atoms with Crippen LogP contribution in [-0.4, -0.2) is 84.0 Å². The molecule has 0 spiro atoms. The fourth-order valence-corrected chi connectivity index (χ4v) is 2.72. The molecule has 1 aliphatic heterocycles. The molecule has 2 aromatic rings. The number of carboxylic acid groups (broad SMARTS) is 2. The van der Waals surface area contributed by atoms with Crippen LogP contribution in [0.4, 0.5) is 0 Å². The molecule has 0 atom stereocenters. The Kier molecular flexibility index (Phi) is 7.87. The molecule has 3 heterocycles. The molecule has 1 aliphatic rings. The van der Waals surface area contributed by atoms with Gasteiger partial charge < -0.3 is 15.1 Å². The van der Waals surface area contributed by atoms with Crippen LogP contribution in [0.25, 0.3) is 11.3 Å². The molecule has 2 N–H and O–H groups in total. The average molecular weight is 416 g/mol. The van der Waals surface area contributed by atoms with E-state index in [0.717, 1.165) is 28.9 Å². The van der Waals surface area contributed by atoms with E-state index in [0.29, 0.717) is 25.7 Å². The van der Waals surface area contributed by atoms with Crippen molar-refractivity contribution >= 4 is 17.8 Å². The molecule has 0 aliphatic carbocycles. The molecule has 0 saturated carbocycles. The smallest absolute Gasteiger partial charge is 0.414 e. The van der Waals surface area contributed by atoms with E-state index in [1.807, 2.05) is 16.8 Å². The Hall–Kier alpha value is -3.47. The molecule has 0 unspecified atom stereocenters. The molecular formula is C19H24N6O5. The van der Waals surface area contributed by atoms with Crippen LogP contribution in [0.3, 0.4) is 0 Å². The molecule has 160 valence electrons. The number of rotatable bonds is 4. The topological polar surface area (TPSA) is 150 Å². The molecule has 11 nitrogen and oxygen atoms in total. The highest BCUT2D eigenvalue weighted by Gasteiger charge is 2.25. The molecule has 0 aromatic carbocycles. The van der Waals surface area contributed by atoms with Gasteiger partial charge >= 0.3 is 11.9 Å². The summed E-state index contributed by atoms with van der Waals surface area (Å²) >= 11 is 0. The van der Waals surface area contributed by atoms with E-state index in [9.17, 15) is 4.79 Å². The third kappa shape index (κ3) is 6.01. The van der Waals surface area contributed by atoms with E-state index in [2.05, 4.69) is 33.8 Å². The SMILES string of the molecule is CC(C)N(C)CC(=O)N1CCc2ncnc(-c3cncnc3)c2C1.O=C(O)C(=O)O. The zero-order valence-corrected chi connectivity index (χ0v) is 17.0. The van der Waals surface area contributed by atoms with Gasteiger partial charge in [-0.1, -0.05) is 0 Å². The maximum Gasteiger partial charge on any atom is 0.414 e. The Labute approximate surface area is 173 Å². The molecule has 3 rings (SSSR count). The summed E-state index contributed by atoms with van der Waals surface area (Å²) in [5, 5.41) is 14.8. The van der Waals surface area contributed by atoms with Crippen molar-refractivity contribution in [2.75, 3.05) is 20.1 Å². The zero-order valence-electron chi connectivity index (χ0n) is 17.0. The monoisotopic (exact) mass is 416 g/mol. The molecule has 0 saturated heterocycles. The number of aromatic nitrogens is 4. The second kappa shape index (κ2) is 10.3. The quantitative estimate of drug-likeness (QED) is 0.667. The van der Waals surface area contributed by atoms with Crippen molar-refractivity contribution < 1.29 is 24.6 Å². The number of carboxylic acids is 2. The molecule has 0 bridgehead atoms. The van der Waals surface area contributed by atoms with Gasteiger partial charge in [0.2, 0.25) is 5.91 Å². The number of nitrogens with zero attached hydrogens (tertiary/aromatic N) is 6. The number of aliphatic carboxylic acids is 2. The number of amides is 1. The fraction of sp³-hybridized carbons (Fsp3) is 0.421. The van der Waals surface area contributed by atoms with Crippen LogP contribution in [-0.2, 0) is 27.3 Å². The first-order valence-corrected chi connectivity index (χ1v) is 9.23. The van der Waals surface area contributed by atoms with Gasteiger partial charge in [-0.05, 0) is 20.9 Å². The van der Waals surface area contributed by atoms with E-state index < -0.39 is 11.9 Å². The molecule has 2 aromatic heterocycles. The van der Waals surface area contributed by atoms with Crippen molar-refractivity contribution in [3.8, 4) is 11.3 Å². The van der Waals surface area contributed by atoms with Crippen LogP contribution in [0.2, 0.25) is 0 Å². The zero-order chi connectivity index (χ0) is 22.3. The maximum absolute atomic E-state index is 12.6. The number of carbonyl (C=O) groups is 3. The highest BCUT2D eigenvalue weighted by Crippen LogP contribution is 2.26. The fourth-order valence-electron chi connectivity index (χ4n) is 2.72. The van der Waals surface area contributed by atoms with E-state index in [1.165, 1.54) is 6.33 Å². The summed E-state index contributed by atoms with van der Waals surface area (Å²) < 4.78 is 0. The summed E-state index contributed by atoms with van der Waals surface area (Å²) in [5.41, 5.74) is 3.67. The summed E-state index contributed by atoms with van der Waals surface area (Å²) in [6, 6.07) is 0.339. The van der Waals surface area contributed by atoms with Crippen molar-refractivity contribution in [1.29, 1.82) is 0 Å². The Morgan fingerprint density at radius 3 is 2.30 bits per heavy atom. The standard InChI is InChI=1S/C17H22N6O.C2H2O4/c1-12(2)22(3)9-16(24)23-5-4-15-14(8-23)17(21-11-20-15)13-6-18-10-19-7-13;3-1(4)2(5)6/h6-7,10-12H,4-5,8-9H2,1-3H3;(H,3,4)(H,5,6). The first-order chi connectivity index (χ1) is 14.2. The van der Waals surface area contributed by atoms with Crippen LogP contribution >= 0.6 is 0 Å². The summed E-state index contributed by atoms with van der Waals surface area (Å²) in [4.78, 5) is 51.6. The van der Waals surface area contributed by atoms with E-state index in [-0.39, 0.29) is 5.91 Å². The van der Waals surface area contributed by atoms with Crippen LogP contribution < -0.4 is 0 Å². The number of hydrogen-bond donors (Lipinski definition) is 2. The third-order valence-electron chi connectivity index (χ3n) is 4.64. The van der Waals surface area contributed by atoms with E-state index in [4.69, 9.17) is 19.8 Å². The Morgan fingerprint density at radius 2 is 1.73 bits per heavy atom. The highest BCUT2D eigenvalue weighted by atomic mass is 16.4. The van der Waals surface area contributed by atoms with Crippen molar-refractivity contribution in [2.24, 2.45) is 0 Å². The van der Waals surface area contributed by atoms with Gasteiger partial charge in [-0.2, -0.15) is 0 Å². The third-order valence-corrected chi connectivity index (χ3v) is 4.64. The normalized spacial score (nSPS) is 12.8. The van der Waals surface area contributed by atoms with E-state index in [1.54, 1.807) is 18.7 Å². The van der Waals surface area contributed by atoms with Crippen LogP contribution in [0.5, 0.6) is 0 Å². The van der Waals surface area contributed by atoms with Crippen LogP contribution in [0, 0.1) is 0 Å². The van der Waals surface area contributed by atoms with Gasteiger partial charge in [-0.25, -0.2) is 29.5 Å². The first-order valence-electron chi connectivity index (χ1n) is 9.23. The van der Waals surface area contributed by atoms with Crippen LogP contribution in [0.15, 0.2) is 25.0 Å². The van der Waals surface area contributed by atoms with Gasteiger partial charge in [-0.15, -0.1) is 0 Å². The number of carbonyl (C=O) groups excluding carboxylic acids is 1. The summed E-state index contributed by atoms with van der Waals surface area (Å²) in [6.07, 6.45) is 7.29. The summed E-state index contributed by atoms with van der Waals surface area (Å²) in [7, 11) is 1.97. The lowest BCUT2D eigenvalue weighted by Gasteiger charge is -2.31. The lowest BCUT2D eigenvalue weighted by Crippen LogP contribution is -2.43. The van der Waals surface area contributed by atoms with Crippen molar-refractivity contribution in [1.82, 2.24) is 29.7 Å². The second-order valence-electron chi connectivity index (χ2n) is 6.96. The number of hydrogen-bond acceptors (Lipinski definition) is 8. The van der Waals surface area contributed by atoms with Gasteiger partial charge in [0.1, 0.15) is 12.7 Å². The number of fused-ring (bicyclic) bond motifs is 1. The lowest BCUT2D eigenvalue weighted by atomic mass is 10.0. The molecule has 0 fully saturated rings. The molecule has 11 heteroatoms. The van der Waals surface area contributed by atoms with Gasteiger partial charge in [0, 0.05) is 49.1 Å². The second-order valence-corrected chi connectivity index (χ2v) is 6.96. The predicted octanol–water partition coefficient (Wildman–Crippen LogP) is 0.314. The van der Waals surface area contributed by atoms with Gasteiger partial charge in [0.05, 0.1) is 17.9 Å². The first kappa shape index (κ1) is 22.8. The number of likely N-dealkylation sites (N-methyl/N-ethyl adjacent to an activating group) is 1. The van der Waals surface area contributed by atoms with Gasteiger partial charge in [-0.3, -0.25) is 9.69 Å². The minimum absolute atomic E-state index is 0.135. The maximum atomic E-state index is 12.6. The highest BCUT2D eigenvalue weighted by molar-refractivity contribution is 6.27. The van der Waals surface area contributed by atoms with Gasteiger partial charge in [0.15, 0.2) is 0 Å². The molecule has 1 amide bonds. The minimum Gasteiger partial charge on any atom is -0.473 e. The minimum atomic E-state index is -1.82. The molecule has 0 radical (unpaired) electrons. The Bertz CT molecular complexity index is 894. The largest absolute Gasteiger partial charge is 0.473 e. The van der Waals surface area contributed by atoms with Crippen molar-refractivity contribution in [3.05, 3.63) is 36.3 Å². The van der Waals surface area contributed by atoms with Gasteiger partial charge in [0.25, 0.3) is 0 Å². The Morgan fingerprint density at radius 1 is 1.10 bits per heavy atom. The summed E-state index contributed by atoms with van der Waals surface area (Å²) in [6.45, 7) is 5.81. The lowest BCUT2D eigenvalue weighted by molar-refractivity contribution is -0.159.